The maximum atomic E-state index is 11.0. The monoisotopic (exact) mass is 261 g/mol. The molecule has 17 heavy (non-hydrogen) atoms. The molecule has 1 aliphatic rings. The van der Waals surface area contributed by atoms with E-state index in [0.29, 0.717) is 5.75 Å². The van der Waals surface area contributed by atoms with Crippen LogP contribution in [0.4, 0.5) is 0 Å². The molecule has 0 aliphatic carbocycles. The number of aliphatic hydroxyl groups excluding tert-OH is 1. The molecule has 0 saturated carbocycles. The van der Waals surface area contributed by atoms with E-state index in [9.17, 15) is 8.42 Å². The molecule has 0 spiro atoms. The van der Waals surface area contributed by atoms with Crippen molar-refractivity contribution >= 4 is 10.1 Å². The standard InChI is InChI=1S/C9H11NO6S/c11-4-8(17(12,13)14)7-5-15-6-2-1-3-10-9(6)16-7/h1-3,7-8,11H,4-5H2,(H,12,13,14). The number of hydrogen-bond donors (Lipinski definition) is 2. The first-order chi connectivity index (χ1) is 8.02. The van der Waals surface area contributed by atoms with Crippen LogP contribution in [0.2, 0.25) is 0 Å². The van der Waals surface area contributed by atoms with Gasteiger partial charge in [-0.3, -0.25) is 4.55 Å². The molecule has 2 rings (SSSR count). The molecule has 1 aromatic rings. The third-order valence-corrected chi connectivity index (χ3v) is 3.60. The number of ether oxygens (including phenoxy) is 2. The van der Waals surface area contributed by atoms with Gasteiger partial charge in [0.1, 0.15) is 11.9 Å². The lowest BCUT2D eigenvalue weighted by atomic mass is 10.2. The van der Waals surface area contributed by atoms with Gasteiger partial charge in [-0.25, -0.2) is 4.98 Å². The van der Waals surface area contributed by atoms with Crippen molar-refractivity contribution in [3.63, 3.8) is 0 Å². The minimum atomic E-state index is -4.40. The minimum Gasteiger partial charge on any atom is -0.484 e. The van der Waals surface area contributed by atoms with Gasteiger partial charge in [0.2, 0.25) is 0 Å². The quantitative estimate of drug-likeness (QED) is 0.704. The van der Waals surface area contributed by atoms with Crippen molar-refractivity contribution in [1.29, 1.82) is 0 Å². The van der Waals surface area contributed by atoms with Crippen molar-refractivity contribution < 1.29 is 27.6 Å². The molecular formula is C9H11NO6S. The van der Waals surface area contributed by atoms with Crippen LogP contribution in [-0.2, 0) is 10.1 Å². The molecular weight excluding hydrogens is 250 g/mol. The van der Waals surface area contributed by atoms with Crippen molar-refractivity contribution in [1.82, 2.24) is 4.98 Å². The molecule has 7 nitrogen and oxygen atoms in total. The molecule has 1 aromatic heterocycles. The number of fused-ring (bicyclic) bond motifs is 1. The predicted octanol–water partition coefficient (Wildman–Crippen LogP) is -0.530. The zero-order valence-corrected chi connectivity index (χ0v) is 9.50. The molecule has 1 aliphatic heterocycles. The van der Waals surface area contributed by atoms with Gasteiger partial charge in [-0.1, -0.05) is 0 Å². The number of hydrogen-bond acceptors (Lipinski definition) is 6. The van der Waals surface area contributed by atoms with Crippen molar-refractivity contribution in [2.75, 3.05) is 13.2 Å². The van der Waals surface area contributed by atoms with Gasteiger partial charge in [0.05, 0.1) is 6.61 Å². The maximum absolute atomic E-state index is 11.0. The summed E-state index contributed by atoms with van der Waals surface area (Å²) in [6, 6.07) is 3.27. The molecule has 2 atom stereocenters. The molecule has 0 amide bonds. The average molecular weight is 261 g/mol. The van der Waals surface area contributed by atoms with Crippen LogP contribution in [-0.4, -0.2) is 47.6 Å². The Balaban J connectivity index is 2.22. The molecule has 2 heterocycles. The second-order valence-electron chi connectivity index (χ2n) is 3.51. The SMILES string of the molecule is O=S(=O)(O)C(CO)C1COc2cccnc2O1. The normalized spacial score (nSPS) is 20.9. The molecule has 0 bridgehead atoms. The van der Waals surface area contributed by atoms with E-state index >= 15 is 0 Å². The van der Waals surface area contributed by atoms with Gasteiger partial charge in [-0.2, -0.15) is 8.42 Å². The van der Waals surface area contributed by atoms with Crippen LogP contribution in [0.15, 0.2) is 18.3 Å². The zero-order valence-electron chi connectivity index (χ0n) is 8.68. The van der Waals surface area contributed by atoms with Crippen LogP contribution in [0.25, 0.3) is 0 Å². The summed E-state index contributed by atoms with van der Waals surface area (Å²) in [5, 5.41) is 7.52. The second-order valence-corrected chi connectivity index (χ2v) is 5.15. The summed E-state index contributed by atoms with van der Waals surface area (Å²) in [6.45, 7) is -0.835. The van der Waals surface area contributed by atoms with Crippen molar-refractivity contribution in [3.05, 3.63) is 18.3 Å². The van der Waals surface area contributed by atoms with E-state index in [1.54, 1.807) is 12.1 Å². The Morgan fingerprint density at radius 2 is 2.35 bits per heavy atom. The van der Waals surface area contributed by atoms with E-state index in [-0.39, 0.29) is 12.5 Å². The Morgan fingerprint density at radius 1 is 1.59 bits per heavy atom. The van der Waals surface area contributed by atoms with Gasteiger partial charge in [0, 0.05) is 6.20 Å². The van der Waals surface area contributed by atoms with Crippen LogP contribution in [0.3, 0.4) is 0 Å². The zero-order chi connectivity index (χ0) is 12.5. The van der Waals surface area contributed by atoms with Gasteiger partial charge in [-0.15, -0.1) is 0 Å². The van der Waals surface area contributed by atoms with Gasteiger partial charge in [0.15, 0.2) is 11.9 Å². The van der Waals surface area contributed by atoms with E-state index in [4.69, 9.17) is 19.1 Å². The predicted molar refractivity (Wildman–Crippen MR) is 56.6 cm³/mol. The Hall–Kier alpha value is -1.38. The first kappa shape index (κ1) is 12.1. The summed E-state index contributed by atoms with van der Waals surface area (Å²) in [6.07, 6.45) is 0.476. The average Bonchev–Trinajstić information content (AvgIpc) is 2.28. The van der Waals surface area contributed by atoms with Crippen molar-refractivity contribution in [2.45, 2.75) is 11.4 Å². The number of nitrogens with zero attached hydrogens (tertiary/aromatic N) is 1. The van der Waals surface area contributed by atoms with Crippen LogP contribution in [0.1, 0.15) is 0 Å². The maximum Gasteiger partial charge on any atom is 0.273 e. The summed E-state index contributed by atoms with van der Waals surface area (Å²) < 4.78 is 41.5. The van der Waals surface area contributed by atoms with Crippen LogP contribution < -0.4 is 9.47 Å². The Kier molecular flexibility index (Phi) is 3.18. The molecule has 0 saturated heterocycles. The summed E-state index contributed by atoms with van der Waals surface area (Å²) in [5.74, 6) is 0.543. The number of aliphatic hydroxyl groups is 1. The lowest BCUT2D eigenvalue weighted by Gasteiger charge is -2.28. The molecule has 2 unspecified atom stereocenters. The summed E-state index contributed by atoms with van der Waals surface area (Å²) in [4.78, 5) is 3.86. The highest BCUT2D eigenvalue weighted by Gasteiger charge is 2.37. The van der Waals surface area contributed by atoms with Crippen LogP contribution >= 0.6 is 0 Å². The van der Waals surface area contributed by atoms with Gasteiger partial charge in [-0.05, 0) is 12.1 Å². The fourth-order valence-corrected chi connectivity index (χ4v) is 2.22. The fraction of sp³-hybridized carbons (Fsp3) is 0.444. The van der Waals surface area contributed by atoms with Gasteiger partial charge >= 0.3 is 0 Å². The first-order valence-electron chi connectivity index (χ1n) is 4.84. The lowest BCUT2D eigenvalue weighted by Crippen LogP contribution is -2.46. The second kappa shape index (κ2) is 4.47. The summed E-state index contributed by atoms with van der Waals surface area (Å²) >= 11 is 0. The fourth-order valence-electron chi connectivity index (χ4n) is 1.51. The third kappa shape index (κ3) is 2.48. The van der Waals surface area contributed by atoms with Gasteiger partial charge < -0.3 is 14.6 Å². The Bertz CT molecular complexity index is 502. The molecule has 0 radical (unpaired) electrons. The van der Waals surface area contributed by atoms with Crippen molar-refractivity contribution in [2.24, 2.45) is 0 Å². The van der Waals surface area contributed by atoms with E-state index in [1.807, 2.05) is 0 Å². The molecule has 2 N–H and O–H groups in total. The van der Waals surface area contributed by atoms with Crippen LogP contribution in [0, 0.1) is 0 Å². The smallest absolute Gasteiger partial charge is 0.273 e. The highest BCUT2D eigenvalue weighted by atomic mass is 32.2. The minimum absolute atomic E-state index is 0.0797. The highest BCUT2D eigenvalue weighted by Crippen LogP contribution is 2.30. The molecule has 0 aromatic carbocycles. The summed E-state index contributed by atoms with van der Waals surface area (Å²) in [7, 11) is -4.40. The van der Waals surface area contributed by atoms with E-state index < -0.39 is 28.1 Å². The Morgan fingerprint density at radius 3 is 3.00 bits per heavy atom. The molecule has 8 heteroatoms. The Labute approximate surface area is 97.8 Å². The number of rotatable bonds is 3. The van der Waals surface area contributed by atoms with E-state index in [0.717, 1.165) is 0 Å². The molecule has 94 valence electrons. The van der Waals surface area contributed by atoms with E-state index in [1.165, 1.54) is 6.20 Å². The molecule has 0 fully saturated rings. The third-order valence-electron chi connectivity index (χ3n) is 2.38. The lowest BCUT2D eigenvalue weighted by molar-refractivity contribution is 0.0659. The number of aromatic nitrogens is 1. The van der Waals surface area contributed by atoms with E-state index in [2.05, 4.69) is 4.98 Å². The number of pyridine rings is 1. The van der Waals surface area contributed by atoms with Crippen LogP contribution in [0.5, 0.6) is 11.6 Å². The largest absolute Gasteiger partial charge is 0.484 e. The topological polar surface area (TPSA) is 106 Å². The first-order valence-corrected chi connectivity index (χ1v) is 6.34. The summed E-state index contributed by atoms with van der Waals surface area (Å²) in [5.41, 5.74) is 0. The van der Waals surface area contributed by atoms with Crippen molar-refractivity contribution in [3.8, 4) is 11.6 Å². The highest BCUT2D eigenvalue weighted by molar-refractivity contribution is 7.86. The van der Waals surface area contributed by atoms with Gasteiger partial charge in [0.25, 0.3) is 16.0 Å².